The van der Waals surface area contributed by atoms with Crippen molar-refractivity contribution in [2.75, 3.05) is 19.6 Å². The van der Waals surface area contributed by atoms with Gasteiger partial charge in [0.25, 0.3) is 0 Å². The lowest BCUT2D eigenvalue weighted by Gasteiger charge is -2.38. The van der Waals surface area contributed by atoms with Gasteiger partial charge < -0.3 is 10.8 Å². The Hall–Kier alpha value is -0.900. The molecule has 2 atom stereocenters. The number of hydrogen-bond donors (Lipinski definition) is 2. The van der Waals surface area contributed by atoms with E-state index in [2.05, 4.69) is 36.1 Å². The van der Waals surface area contributed by atoms with Crippen LogP contribution in [-0.4, -0.2) is 35.7 Å². The lowest BCUT2D eigenvalue weighted by Crippen LogP contribution is -2.41. The Morgan fingerprint density at radius 1 is 1.37 bits per heavy atom. The molecule has 2 rings (SSSR count). The fraction of sp³-hybridized carbons (Fsp3) is 0.625. The highest BCUT2D eigenvalue weighted by molar-refractivity contribution is 5.25. The van der Waals surface area contributed by atoms with Crippen LogP contribution < -0.4 is 5.73 Å². The number of aryl methyl sites for hydroxylation is 1. The van der Waals surface area contributed by atoms with Crippen molar-refractivity contribution in [3.63, 3.8) is 0 Å². The highest BCUT2D eigenvalue weighted by Crippen LogP contribution is 2.28. The Kier molecular flexibility index (Phi) is 4.97. The van der Waals surface area contributed by atoms with Gasteiger partial charge in [0.1, 0.15) is 0 Å². The van der Waals surface area contributed by atoms with Gasteiger partial charge >= 0.3 is 0 Å². The topological polar surface area (TPSA) is 49.5 Å². The number of hydrogen-bond acceptors (Lipinski definition) is 3. The molecule has 106 valence electrons. The van der Waals surface area contributed by atoms with Gasteiger partial charge in [-0.25, -0.2) is 0 Å². The number of nitrogens with two attached hydrogens (primary N) is 1. The van der Waals surface area contributed by atoms with Crippen LogP contribution in [0.3, 0.4) is 0 Å². The zero-order valence-electron chi connectivity index (χ0n) is 12.0. The molecule has 0 aromatic heterocycles. The number of rotatable bonds is 4. The predicted octanol–water partition coefficient (Wildman–Crippen LogP) is 2.09. The number of likely N-dealkylation sites (tertiary alicyclic amines) is 1. The van der Waals surface area contributed by atoms with Crippen LogP contribution in [-0.2, 0) is 0 Å². The number of aliphatic hydroxyl groups excluding tert-OH is 1. The van der Waals surface area contributed by atoms with E-state index >= 15 is 0 Å². The first-order valence-corrected chi connectivity index (χ1v) is 7.30. The molecule has 1 fully saturated rings. The third-order valence-corrected chi connectivity index (χ3v) is 4.35. The lowest BCUT2D eigenvalue weighted by molar-refractivity contribution is 0.0568. The third-order valence-electron chi connectivity index (χ3n) is 4.35. The quantitative estimate of drug-likeness (QED) is 0.873. The van der Waals surface area contributed by atoms with E-state index in [1.807, 2.05) is 6.92 Å². The SMILES string of the molecule is Cc1cccc(C(CN)N2CCC(C(C)O)CC2)c1. The van der Waals surface area contributed by atoms with Gasteiger partial charge in [0.2, 0.25) is 0 Å². The van der Waals surface area contributed by atoms with Crippen LogP contribution in [0.15, 0.2) is 24.3 Å². The van der Waals surface area contributed by atoms with E-state index < -0.39 is 0 Å². The molecular weight excluding hydrogens is 236 g/mol. The van der Waals surface area contributed by atoms with Crippen molar-refractivity contribution in [1.29, 1.82) is 0 Å². The maximum atomic E-state index is 9.67. The lowest BCUT2D eigenvalue weighted by atomic mass is 9.90. The van der Waals surface area contributed by atoms with E-state index in [-0.39, 0.29) is 6.10 Å². The standard InChI is InChI=1S/C16H26N2O/c1-12-4-3-5-15(10-12)16(11-17)18-8-6-14(7-9-18)13(2)19/h3-5,10,13-14,16,19H,6-9,11,17H2,1-2H3. The summed E-state index contributed by atoms with van der Waals surface area (Å²) >= 11 is 0. The number of aliphatic hydroxyl groups is 1. The van der Waals surface area contributed by atoms with Gasteiger partial charge in [0, 0.05) is 12.6 Å². The fourth-order valence-corrected chi connectivity index (χ4v) is 3.09. The zero-order valence-corrected chi connectivity index (χ0v) is 12.0. The molecule has 0 aliphatic carbocycles. The summed E-state index contributed by atoms with van der Waals surface area (Å²) in [6, 6.07) is 8.95. The molecule has 1 heterocycles. The minimum absolute atomic E-state index is 0.183. The number of benzene rings is 1. The smallest absolute Gasteiger partial charge is 0.0541 e. The van der Waals surface area contributed by atoms with Crippen molar-refractivity contribution in [3.8, 4) is 0 Å². The second-order valence-corrected chi connectivity index (χ2v) is 5.78. The molecule has 1 aliphatic heterocycles. The van der Waals surface area contributed by atoms with Crippen LogP contribution in [0.2, 0.25) is 0 Å². The van der Waals surface area contributed by atoms with Crippen molar-refractivity contribution in [3.05, 3.63) is 35.4 Å². The second-order valence-electron chi connectivity index (χ2n) is 5.78. The van der Waals surface area contributed by atoms with Gasteiger partial charge in [0.05, 0.1) is 6.10 Å². The van der Waals surface area contributed by atoms with Gasteiger partial charge in [0.15, 0.2) is 0 Å². The van der Waals surface area contributed by atoms with Crippen LogP contribution in [0.1, 0.15) is 36.9 Å². The molecule has 19 heavy (non-hydrogen) atoms. The van der Waals surface area contributed by atoms with E-state index in [9.17, 15) is 5.11 Å². The number of piperidine rings is 1. The van der Waals surface area contributed by atoms with Gasteiger partial charge in [-0.05, 0) is 51.3 Å². The normalized spacial score (nSPS) is 21.3. The molecular formula is C16H26N2O. The first-order valence-electron chi connectivity index (χ1n) is 7.30. The Morgan fingerprint density at radius 3 is 2.58 bits per heavy atom. The molecule has 1 aliphatic rings. The molecule has 0 bridgehead atoms. The molecule has 0 spiro atoms. The van der Waals surface area contributed by atoms with Gasteiger partial charge in [-0.15, -0.1) is 0 Å². The summed E-state index contributed by atoms with van der Waals surface area (Å²) < 4.78 is 0. The highest BCUT2D eigenvalue weighted by Gasteiger charge is 2.27. The van der Waals surface area contributed by atoms with Crippen LogP contribution in [0, 0.1) is 12.8 Å². The maximum absolute atomic E-state index is 9.67. The summed E-state index contributed by atoms with van der Waals surface area (Å²) in [4.78, 5) is 2.47. The average molecular weight is 262 g/mol. The van der Waals surface area contributed by atoms with Gasteiger partial charge in [-0.1, -0.05) is 29.8 Å². The summed E-state index contributed by atoms with van der Waals surface area (Å²) in [7, 11) is 0. The second kappa shape index (κ2) is 6.51. The average Bonchev–Trinajstić information content (AvgIpc) is 2.40. The summed E-state index contributed by atoms with van der Waals surface area (Å²) in [6.45, 7) is 6.75. The van der Waals surface area contributed by atoms with Crippen molar-refractivity contribution in [2.45, 2.75) is 38.8 Å². The molecule has 2 unspecified atom stereocenters. The summed E-state index contributed by atoms with van der Waals surface area (Å²) in [5.74, 6) is 0.451. The van der Waals surface area contributed by atoms with Crippen LogP contribution in [0.25, 0.3) is 0 Å². The van der Waals surface area contributed by atoms with E-state index in [1.54, 1.807) is 0 Å². The third kappa shape index (κ3) is 3.56. The van der Waals surface area contributed by atoms with Gasteiger partial charge in [-0.3, -0.25) is 4.90 Å². The molecule has 1 saturated heterocycles. The molecule has 3 N–H and O–H groups in total. The van der Waals surface area contributed by atoms with Crippen LogP contribution in [0.4, 0.5) is 0 Å². The molecule has 1 aromatic carbocycles. The first-order chi connectivity index (χ1) is 9.11. The van der Waals surface area contributed by atoms with E-state index in [0.717, 1.165) is 25.9 Å². The molecule has 3 nitrogen and oxygen atoms in total. The molecule has 0 amide bonds. The molecule has 1 aromatic rings. The highest BCUT2D eigenvalue weighted by atomic mass is 16.3. The van der Waals surface area contributed by atoms with E-state index in [0.29, 0.717) is 18.5 Å². The maximum Gasteiger partial charge on any atom is 0.0541 e. The van der Waals surface area contributed by atoms with E-state index in [1.165, 1.54) is 11.1 Å². The first kappa shape index (κ1) is 14.5. The summed E-state index contributed by atoms with van der Waals surface area (Å²) in [5.41, 5.74) is 8.59. The minimum atomic E-state index is -0.183. The van der Waals surface area contributed by atoms with Gasteiger partial charge in [-0.2, -0.15) is 0 Å². The summed E-state index contributed by atoms with van der Waals surface area (Å²) in [5, 5.41) is 9.67. The monoisotopic (exact) mass is 262 g/mol. The van der Waals surface area contributed by atoms with Crippen molar-refractivity contribution >= 4 is 0 Å². The minimum Gasteiger partial charge on any atom is -0.393 e. The Labute approximate surface area is 116 Å². The number of nitrogens with zero attached hydrogens (tertiary/aromatic N) is 1. The molecule has 0 saturated carbocycles. The Bertz CT molecular complexity index is 397. The van der Waals surface area contributed by atoms with Crippen molar-refractivity contribution in [2.24, 2.45) is 11.7 Å². The zero-order chi connectivity index (χ0) is 13.8. The van der Waals surface area contributed by atoms with Crippen LogP contribution >= 0.6 is 0 Å². The largest absolute Gasteiger partial charge is 0.393 e. The molecule has 0 radical (unpaired) electrons. The van der Waals surface area contributed by atoms with Crippen molar-refractivity contribution < 1.29 is 5.11 Å². The van der Waals surface area contributed by atoms with Crippen LogP contribution in [0.5, 0.6) is 0 Å². The Balaban J connectivity index is 2.03. The summed E-state index contributed by atoms with van der Waals surface area (Å²) in [6.07, 6.45) is 1.96. The fourth-order valence-electron chi connectivity index (χ4n) is 3.09. The van der Waals surface area contributed by atoms with E-state index in [4.69, 9.17) is 5.73 Å². The molecule has 3 heteroatoms. The predicted molar refractivity (Wildman–Crippen MR) is 79.0 cm³/mol. The van der Waals surface area contributed by atoms with Crippen molar-refractivity contribution in [1.82, 2.24) is 4.90 Å². The Morgan fingerprint density at radius 2 is 2.05 bits per heavy atom.